The molecular formula is C19H24N2O3. The molecular weight excluding hydrogens is 304 g/mol. The number of carbonyl (C=O) groups excluding carboxylic acids is 2. The molecule has 0 bridgehead atoms. The predicted molar refractivity (Wildman–Crippen MR) is 96.4 cm³/mol. The van der Waals surface area contributed by atoms with Crippen LogP contribution in [-0.2, 0) is 4.79 Å². The number of para-hydroxylation sites is 1. The van der Waals surface area contributed by atoms with E-state index in [1.807, 2.05) is 43.9 Å². The molecule has 0 aliphatic heterocycles. The highest BCUT2D eigenvalue weighted by atomic mass is 16.3. The Bertz CT molecular complexity index is 776. The van der Waals surface area contributed by atoms with Gasteiger partial charge < -0.3 is 9.73 Å². The number of furan rings is 1. The molecule has 1 atom stereocenters. The summed E-state index contributed by atoms with van der Waals surface area (Å²) in [7, 11) is 0. The first-order valence-corrected chi connectivity index (χ1v) is 8.06. The fourth-order valence-electron chi connectivity index (χ4n) is 2.68. The lowest BCUT2D eigenvalue weighted by molar-refractivity contribution is -0.120. The highest BCUT2D eigenvalue weighted by Crippen LogP contribution is 2.31. The molecule has 0 saturated heterocycles. The number of fused-ring (bicyclic) bond motifs is 1. The molecule has 24 heavy (non-hydrogen) atoms. The van der Waals surface area contributed by atoms with E-state index < -0.39 is 0 Å². The van der Waals surface area contributed by atoms with Crippen LogP contribution in [-0.4, -0.2) is 35.7 Å². The second-order valence-electron chi connectivity index (χ2n) is 6.04. The van der Waals surface area contributed by atoms with Gasteiger partial charge in [-0.15, -0.1) is 0 Å². The van der Waals surface area contributed by atoms with Crippen LogP contribution in [0.1, 0.15) is 38.2 Å². The molecule has 0 spiro atoms. The number of nitrogens with zero attached hydrogens (tertiary/aromatic N) is 1. The van der Waals surface area contributed by atoms with Gasteiger partial charge in [-0.25, -0.2) is 0 Å². The average Bonchev–Trinajstić information content (AvgIpc) is 2.90. The first kappa shape index (κ1) is 17.9. The van der Waals surface area contributed by atoms with Crippen LogP contribution in [0.4, 0.5) is 5.69 Å². The molecule has 1 amide bonds. The maximum atomic E-state index is 12.7. The third kappa shape index (κ3) is 3.74. The molecule has 1 unspecified atom stereocenters. The monoisotopic (exact) mass is 328 g/mol. The van der Waals surface area contributed by atoms with Crippen LogP contribution in [0.3, 0.4) is 0 Å². The van der Waals surface area contributed by atoms with E-state index in [-0.39, 0.29) is 23.5 Å². The van der Waals surface area contributed by atoms with Crippen molar-refractivity contribution < 1.29 is 14.0 Å². The van der Waals surface area contributed by atoms with Gasteiger partial charge in [-0.1, -0.05) is 31.2 Å². The van der Waals surface area contributed by atoms with Crippen molar-refractivity contribution in [3.05, 3.63) is 42.2 Å². The Kier molecular flexibility index (Phi) is 5.57. The number of rotatable bonds is 7. The highest BCUT2D eigenvalue weighted by Gasteiger charge is 2.24. The minimum atomic E-state index is -0.347. The number of amides is 1. The minimum Gasteiger partial charge on any atom is -0.451 e. The summed E-state index contributed by atoms with van der Waals surface area (Å²) in [5.74, 6) is -0.213. The summed E-state index contributed by atoms with van der Waals surface area (Å²) in [5.41, 5.74) is 2.02. The van der Waals surface area contributed by atoms with Gasteiger partial charge in [0.1, 0.15) is 5.58 Å². The number of benzene rings is 1. The lowest BCUT2D eigenvalue weighted by Gasteiger charge is -2.26. The molecule has 5 heteroatoms. The van der Waals surface area contributed by atoms with Crippen molar-refractivity contribution in [3.8, 4) is 0 Å². The largest absolute Gasteiger partial charge is 0.451 e. The zero-order valence-electron chi connectivity index (χ0n) is 14.7. The van der Waals surface area contributed by atoms with E-state index in [0.29, 0.717) is 17.8 Å². The molecule has 1 aromatic carbocycles. The molecule has 5 nitrogen and oxygen atoms in total. The smallest absolute Gasteiger partial charge is 0.241 e. The molecule has 0 fully saturated rings. The van der Waals surface area contributed by atoms with Crippen molar-refractivity contribution in [2.45, 2.75) is 33.7 Å². The van der Waals surface area contributed by atoms with E-state index in [0.717, 1.165) is 17.5 Å². The number of Topliss-reactive ketones (excluding diaryl/α,β-unsaturated/α-hetero) is 1. The normalized spacial score (nSPS) is 12.4. The van der Waals surface area contributed by atoms with E-state index in [4.69, 9.17) is 4.42 Å². The molecule has 128 valence electrons. The molecule has 1 N–H and O–H groups in total. The van der Waals surface area contributed by atoms with Crippen molar-refractivity contribution in [1.29, 1.82) is 0 Å². The topological polar surface area (TPSA) is 62.6 Å². The second-order valence-corrected chi connectivity index (χ2v) is 6.04. The van der Waals surface area contributed by atoms with Gasteiger partial charge in [-0.2, -0.15) is 0 Å². The van der Waals surface area contributed by atoms with Gasteiger partial charge in [0.2, 0.25) is 5.91 Å². The minimum absolute atomic E-state index is 0.174. The molecule has 2 rings (SSSR count). The SMILES string of the molecule is C=C(C)CN(CC)C(C)C(=O)Nc1c(C(C)=O)oc2ccccc12. The van der Waals surface area contributed by atoms with Crippen LogP contribution in [0.5, 0.6) is 0 Å². The Morgan fingerprint density at radius 1 is 1.29 bits per heavy atom. The van der Waals surface area contributed by atoms with Crippen molar-refractivity contribution >= 4 is 28.3 Å². The lowest BCUT2D eigenvalue weighted by Crippen LogP contribution is -2.42. The Morgan fingerprint density at radius 3 is 2.54 bits per heavy atom. The lowest BCUT2D eigenvalue weighted by atomic mass is 10.1. The van der Waals surface area contributed by atoms with Crippen molar-refractivity contribution in [1.82, 2.24) is 4.90 Å². The molecule has 1 heterocycles. The van der Waals surface area contributed by atoms with Gasteiger partial charge in [-0.3, -0.25) is 14.5 Å². The molecule has 0 aliphatic rings. The van der Waals surface area contributed by atoms with Gasteiger partial charge in [0.25, 0.3) is 0 Å². The van der Waals surface area contributed by atoms with Crippen molar-refractivity contribution in [2.24, 2.45) is 0 Å². The quantitative estimate of drug-likeness (QED) is 0.619. The summed E-state index contributed by atoms with van der Waals surface area (Å²) in [4.78, 5) is 26.6. The Hall–Kier alpha value is -2.40. The van der Waals surface area contributed by atoms with Crippen LogP contribution >= 0.6 is 0 Å². The molecule has 2 aromatic rings. The fraction of sp³-hybridized carbons (Fsp3) is 0.368. The third-order valence-corrected chi connectivity index (χ3v) is 3.97. The molecule has 1 aromatic heterocycles. The van der Waals surface area contributed by atoms with E-state index in [2.05, 4.69) is 11.9 Å². The van der Waals surface area contributed by atoms with Crippen LogP contribution < -0.4 is 5.32 Å². The van der Waals surface area contributed by atoms with Crippen LogP contribution in [0.2, 0.25) is 0 Å². The van der Waals surface area contributed by atoms with Crippen LogP contribution in [0, 0.1) is 0 Å². The van der Waals surface area contributed by atoms with Crippen molar-refractivity contribution in [2.75, 3.05) is 18.4 Å². The van der Waals surface area contributed by atoms with Gasteiger partial charge in [-0.05, 0) is 32.5 Å². The summed E-state index contributed by atoms with van der Waals surface area (Å²) in [6, 6.07) is 6.94. The van der Waals surface area contributed by atoms with E-state index in [1.54, 1.807) is 6.07 Å². The predicted octanol–water partition coefficient (Wildman–Crippen LogP) is 3.86. The maximum Gasteiger partial charge on any atom is 0.241 e. The van der Waals surface area contributed by atoms with E-state index in [9.17, 15) is 9.59 Å². The summed E-state index contributed by atoms with van der Waals surface area (Å²) in [6.45, 7) is 12.5. The first-order chi connectivity index (χ1) is 11.3. The number of nitrogens with one attached hydrogen (secondary N) is 1. The third-order valence-electron chi connectivity index (χ3n) is 3.97. The Labute approximate surface area is 142 Å². The summed E-state index contributed by atoms with van der Waals surface area (Å²) < 4.78 is 5.60. The number of anilines is 1. The Balaban J connectivity index is 2.31. The van der Waals surface area contributed by atoms with E-state index >= 15 is 0 Å². The van der Waals surface area contributed by atoms with Gasteiger partial charge >= 0.3 is 0 Å². The standard InChI is InChI=1S/C19H24N2O3/c1-6-21(11-12(2)3)13(4)19(23)20-17-15-9-7-8-10-16(15)24-18(17)14(5)22/h7-10,13H,2,6,11H2,1,3-5H3,(H,20,23). The fourth-order valence-corrected chi connectivity index (χ4v) is 2.68. The summed E-state index contributed by atoms with van der Waals surface area (Å²) in [5, 5.41) is 3.61. The zero-order valence-corrected chi connectivity index (χ0v) is 14.7. The molecule has 0 saturated carbocycles. The molecule has 0 radical (unpaired) electrons. The zero-order chi connectivity index (χ0) is 17.9. The van der Waals surface area contributed by atoms with Crippen LogP contribution in [0.15, 0.2) is 40.8 Å². The Morgan fingerprint density at radius 2 is 1.96 bits per heavy atom. The highest BCUT2D eigenvalue weighted by molar-refractivity contribution is 6.11. The average molecular weight is 328 g/mol. The number of hydrogen-bond acceptors (Lipinski definition) is 4. The molecule has 0 aliphatic carbocycles. The maximum absolute atomic E-state index is 12.7. The number of ketones is 1. The van der Waals surface area contributed by atoms with Gasteiger partial charge in [0, 0.05) is 18.9 Å². The van der Waals surface area contributed by atoms with Gasteiger partial charge in [0.15, 0.2) is 11.5 Å². The summed E-state index contributed by atoms with van der Waals surface area (Å²) in [6.07, 6.45) is 0. The van der Waals surface area contributed by atoms with Gasteiger partial charge in [0.05, 0.1) is 11.7 Å². The van der Waals surface area contributed by atoms with Crippen molar-refractivity contribution in [3.63, 3.8) is 0 Å². The van der Waals surface area contributed by atoms with Crippen LogP contribution in [0.25, 0.3) is 11.0 Å². The number of likely N-dealkylation sites (N-methyl/N-ethyl adjacent to an activating group) is 1. The summed E-state index contributed by atoms with van der Waals surface area (Å²) >= 11 is 0. The van der Waals surface area contributed by atoms with E-state index in [1.165, 1.54) is 6.92 Å². The first-order valence-electron chi connectivity index (χ1n) is 8.06. The number of carbonyl (C=O) groups is 2. The number of hydrogen-bond donors (Lipinski definition) is 1. The second kappa shape index (κ2) is 7.45.